The topological polar surface area (TPSA) is 83.0 Å². The maximum Gasteiger partial charge on any atom is 0.372 e. The minimum atomic E-state index is -1.42. The molecule has 0 radical (unpaired) electrons. The molecule has 0 aliphatic carbocycles. The van der Waals surface area contributed by atoms with E-state index in [1.807, 2.05) is 0 Å². The van der Waals surface area contributed by atoms with Gasteiger partial charge in [0.1, 0.15) is 0 Å². The first-order valence-electron chi connectivity index (χ1n) is 2.94. The number of aromatic nitrogens is 2. The zero-order valence-electron chi connectivity index (χ0n) is 5.57. The second-order valence-corrected chi connectivity index (χ2v) is 1.97. The summed E-state index contributed by atoms with van der Waals surface area (Å²) in [4.78, 5) is 26.9. The lowest BCUT2D eigenvalue weighted by atomic mass is 10.2. The Bertz CT molecular complexity index is 265. The van der Waals surface area contributed by atoms with Crippen LogP contribution in [0.15, 0.2) is 12.5 Å². The van der Waals surface area contributed by atoms with Crippen molar-refractivity contribution in [3.05, 3.63) is 18.2 Å². The second-order valence-electron chi connectivity index (χ2n) is 1.97. The predicted molar refractivity (Wildman–Crippen MR) is 34.9 cm³/mol. The lowest BCUT2D eigenvalue weighted by molar-refractivity contribution is -0.148. The van der Waals surface area contributed by atoms with Gasteiger partial charge in [0.2, 0.25) is 5.78 Å². The molecule has 1 aromatic heterocycles. The number of nitrogens with one attached hydrogen (secondary N) is 1. The van der Waals surface area contributed by atoms with Crippen molar-refractivity contribution in [2.45, 2.75) is 6.42 Å². The van der Waals surface area contributed by atoms with Gasteiger partial charge in [0.15, 0.2) is 0 Å². The largest absolute Gasteiger partial charge is 0.475 e. The number of hydrogen-bond donors (Lipinski definition) is 2. The molecule has 0 saturated heterocycles. The summed E-state index contributed by atoms with van der Waals surface area (Å²) in [5.74, 6) is -2.27. The SMILES string of the molecule is O=C(O)C(=O)Cc1c[nH]cn1. The Balaban J connectivity index is 2.57. The number of H-pyrrole nitrogens is 1. The van der Waals surface area contributed by atoms with Gasteiger partial charge in [-0.05, 0) is 0 Å². The highest BCUT2D eigenvalue weighted by atomic mass is 16.4. The molecule has 0 saturated carbocycles. The fraction of sp³-hybridized carbons (Fsp3) is 0.167. The smallest absolute Gasteiger partial charge is 0.372 e. The first-order chi connectivity index (χ1) is 5.20. The minimum Gasteiger partial charge on any atom is -0.475 e. The Morgan fingerprint density at radius 3 is 2.82 bits per heavy atom. The summed E-state index contributed by atoms with van der Waals surface area (Å²) in [5.41, 5.74) is 0.442. The van der Waals surface area contributed by atoms with Crippen molar-refractivity contribution in [2.24, 2.45) is 0 Å². The third kappa shape index (κ3) is 1.89. The van der Waals surface area contributed by atoms with Crippen LogP contribution >= 0.6 is 0 Å². The summed E-state index contributed by atoms with van der Waals surface area (Å²) in [6, 6.07) is 0. The van der Waals surface area contributed by atoms with E-state index in [2.05, 4.69) is 9.97 Å². The number of hydrogen-bond acceptors (Lipinski definition) is 3. The standard InChI is InChI=1S/C6H6N2O3/c9-5(6(10)11)1-4-2-7-3-8-4/h2-3H,1H2,(H,7,8)(H,10,11). The summed E-state index contributed by atoms with van der Waals surface area (Å²) >= 11 is 0. The Morgan fingerprint density at radius 1 is 1.64 bits per heavy atom. The van der Waals surface area contributed by atoms with Gasteiger partial charge in [-0.2, -0.15) is 0 Å². The van der Waals surface area contributed by atoms with Crippen LogP contribution in [-0.2, 0) is 16.0 Å². The molecule has 1 rings (SSSR count). The van der Waals surface area contributed by atoms with Crippen molar-refractivity contribution >= 4 is 11.8 Å². The summed E-state index contributed by atoms with van der Waals surface area (Å²) in [7, 11) is 0. The third-order valence-electron chi connectivity index (χ3n) is 1.14. The zero-order valence-corrected chi connectivity index (χ0v) is 5.57. The average Bonchev–Trinajstić information content (AvgIpc) is 2.39. The number of rotatable bonds is 3. The maximum atomic E-state index is 10.6. The molecule has 5 nitrogen and oxygen atoms in total. The van der Waals surface area contributed by atoms with E-state index in [9.17, 15) is 9.59 Å². The molecule has 0 aliphatic rings. The van der Waals surface area contributed by atoms with E-state index in [4.69, 9.17) is 5.11 Å². The van der Waals surface area contributed by atoms with E-state index in [1.165, 1.54) is 12.5 Å². The minimum absolute atomic E-state index is 0.154. The van der Waals surface area contributed by atoms with E-state index >= 15 is 0 Å². The van der Waals surface area contributed by atoms with Gasteiger partial charge in [-0.15, -0.1) is 0 Å². The highest BCUT2D eigenvalue weighted by Gasteiger charge is 2.12. The average molecular weight is 154 g/mol. The third-order valence-corrected chi connectivity index (χ3v) is 1.14. The van der Waals surface area contributed by atoms with Crippen molar-refractivity contribution in [3.63, 3.8) is 0 Å². The molecule has 0 spiro atoms. The van der Waals surface area contributed by atoms with Crippen molar-refractivity contribution in [1.29, 1.82) is 0 Å². The van der Waals surface area contributed by atoms with Gasteiger partial charge < -0.3 is 10.1 Å². The molecule has 11 heavy (non-hydrogen) atoms. The van der Waals surface area contributed by atoms with E-state index in [-0.39, 0.29) is 6.42 Å². The number of carboxylic acids is 1. The molecule has 1 aromatic rings. The number of imidazole rings is 1. The molecule has 0 bridgehead atoms. The molecule has 0 atom stereocenters. The summed E-state index contributed by atoms with van der Waals surface area (Å²) in [6.07, 6.45) is 2.73. The predicted octanol–water partition coefficient (Wildman–Crippen LogP) is -0.394. The van der Waals surface area contributed by atoms with Gasteiger partial charge in [0.05, 0.1) is 18.4 Å². The lowest BCUT2D eigenvalue weighted by Crippen LogP contribution is -2.15. The van der Waals surface area contributed by atoms with Crippen molar-refractivity contribution in [1.82, 2.24) is 9.97 Å². The monoisotopic (exact) mass is 154 g/mol. The molecular weight excluding hydrogens is 148 g/mol. The van der Waals surface area contributed by atoms with Crippen LogP contribution in [0.5, 0.6) is 0 Å². The van der Waals surface area contributed by atoms with Crippen LogP contribution < -0.4 is 0 Å². The van der Waals surface area contributed by atoms with Gasteiger partial charge in [-0.1, -0.05) is 0 Å². The Morgan fingerprint density at radius 2 is 2.36 bits per heavy atom. The number of aliphatic carboxylic acids is 1. The van der Waals surface area contributed by atoms with Gasteiger partial charge in [-0.25, -0.2) is 9.78 Å². The van der Waals surface area contributed by atoms with Crippen LogP contribution in [0.4, 0.5) is 0 Å². The van der Waals surface area contributed by atoms with Gasteiger partial charge in [0.25, 0.3) is 0 Å². The number of carbonyl (C=O) groups excluding carboxylic acids is 1. The molecule has 5 heteroatoms. The molecule has 0 amide bonds. The van der Waals surface area contributed by atoms with Gasteiger partial charge in [-0.3, -0.25) is 4.79 Å². The molecular formula is C6H6N2O3. The number of nitrogens with zero attached hydrogens (tertiary/aromatic N) is 1. The molecule has 0 fully saturated rings. The van der Waals surface area contributed by atoms with Gasteiger partial charge in [0, 0.05) is 6.20 Å². The number of ketones is 1. The molecule has 58 valence electrons. The number of aromatic amines is 1. The molecule has 0 unspecified atom stereocenters. The zero-order chi connectivity index (χ0) is 8.27. The Hall–Kier alpha value is -1.65. The number of carbonyl (C=O) groups is 2. The highest BCUT2D eigenvalue weighted by molar-refractivity contribution is 6.33. The second kappa shape index (κ2) is 2.96. The van der Waals surface area contributed by atoms with Crippen molar-refractivity contribution < 1.29 is 14.7 Å². The van der Waals surface area contributed by atoms with E-state index in [0.29, 0.717) is 5.69 Å². The fourth-order valence-corrected chi connectivity index (χ4v) is 0.628. The van der Waals surface area contributed by atoms with Crippen LogP contribution in [0.1, 0.15) is 5.69 Å². The first kappa shape index (κ1) is 7.46. The van der Waals surface area contributed by atoms with Crippen LogP contribution in [-0.4, -0.2) is 26.8 Å². The number of carboxylic acid groups (broad SMARTS) is 1. The Labute approximate surface area is 62.1 Å². The molecule has 1 heterocycles. The van der Waals surface area contributed by atoms with Crippen LogP contribution in [0.2, 0.25) is 0 Å². The van der Waals surface area contributed by atoms with Crippen molar-refractivity contribution in [2.75, 3.05) is 0 Å². The van der Waals surface area contributed by atoms with Crippen molar-refractivity contribution in [3.8, 4) is 0 Å². The molecule has 0 aliphatic heterocycles. The summed E-state index contributed by atoms with van der Waals surface area (Å²) in [6.45, 7) is 0. The van der Waals surface area contributed by atoms with Crippen LogP contribution in [0, 0.1) is 0 Å². The van der Waals surface area contributed by atoms with E-state index in [0.717, 1.165) is 0 Å². The first-order valence-corrected chi connectivity index (χ1v) is 2.94. The maximum absolute atomic E-state index is 10.6. The van der Waals surface area contributed by atoms with Crippen LogP contribution in [0.3, 0.4) is 0 Å². The van der Waals surface area contributed by atoms with Crippen LogP contribution in [0.25, 0.3) is 0 Å². The van der Waals surface area contributed by atoms with E-state index < -0.39 is 11.8 Å². The number of Topliss-reactive ketones (excluding diaryl/α,β-unsaturated/α-hetero) is 1. The summed E-state index contributed by atoms with van der Waals surface area (Å²) < 4.78 is 0. The lowest BCUT2D eigenvalue weighted by Gasteiger charge is -1.88. The molecule has 0 aromatic carbocycles. The fourth-order valence-electron chi connectivity index (χ4n) is 0.628. The van der Waals surface area contributed by atoms with E-state index in [1.54, 1.807) is 0 Å². The normalized spacial score (nSPS) is 9.45. The highest BCUT2D eigenvalue weighted by Crippen LogP contribution is 1.92. The Kier molecular flexibility index (Phi) is 2.00. The van der Waals surface area contributed by atoms with Gasteiger partial charge >= 0.3 is 5.97 Å². The quantitative estimate of drug-likeness (QED) is 0.580. The molecule has 2 N–H and O–H groups in total. The summed E-state index contributed by atoms with van der Waals surface area (Å²) in [5, 5.41) is 8.19.